The molecule has 1 saturated heterocycles. The Hall–Kier alpha value is -2.71. The zero-order valence-electron chi connectivity index (χ0n) is 13.4. The van der Waals surface area contributed by atoms with E-state index in [4.69, 9.17) is 16.0 Å². The average Bonchev–Trinajstić information content (AvgIpc) is 3.35. The van der Waals surface area contributed by atoms with E-state index in [2.05, 4.69) is 15.5 Å². The second-order valence-electron chi connectivity index (χ2n) is 5.75. The number of thiophene rings is 1. The summed E-state index contributed by atoms with van der Waals surface area (Å²) in [6.45, 7) is 0.316. The van der Waals surface area contributed by atoms with Crippen molar-refractivity contribution in [2.45, 2.75) is 6.42 Å². The fourth-order valence-corrected chi connectivity index (χ4v) is 3.72. The predicted molar refractivity (Wildman–Crippen MR) is 98.2 cm³/mol. The third-order valence-corrected chi connectivity index (χ3v) is 5.22. The van der Waals surface area contributed by atoms with Crippen molar-refractivity contribution in [3.05, 3.63) is 46.8 Å². The molecular weight excluding hydrogens is 376 g/mol. The summed E-state index contributed by atoms with van der Waals surface area (Å²) >= 11 is 7.19. The van der Waals surface area contributed by atoms with Gasteiger partial charge in [-0.1, -0.05) is 34.9 Å². The summed E-state index contributed by atoms with van der Waals surface area (Å²) in [6.07, 6.45) is 0.141. The number of nitrogens with zero attached hydrogens (tertiary/aromatic N) is 3. The number of nitrogens with one attached hydrogen (secondary N) is 1. The summed E-state index contributed by atoms with van der Waals surface area (Å²) < 4.78 is 6.06. The van der Waals surface area contributed by atoms with E-state index in [-0.39, 0.29) is 30.1 Å². The van der Waals surface area contributed by atoms with Crippen molar-refractivity contribution < 1.29 is 14.0 Å². The average molecular weight is 389 g/mol. The van der Waals surface area contributed by atoms with Crippen LogP contribution in [-0.4, -0.2) is 28.6 Å². The molecular formula is C17H13ClN4O3S. The largest absolute Gasteiger partial charge is 0.402 e. The van der Waals surface area contributed by atoms with Gasteiger partial charge in [0.2, 0.25) is 11.8 Å². The van der Waals surface area contributed by atoms with Gasteiger partial charge in [0.15, 0.2) is 0 Å². The molecule has 2 aromatic heterocycles. The number of aromatic nitrogens is 2. The van der Waals surface area contributed by atoms with Gasteiger partial charge in [-0.15, -0.1) is 16.4 Å². The first kappa shape index (κ1) is 16.7. The number of rotatable bonds is 4. The smallest absolute Gasteiger partial charge is 0.322 e. The highest BCUT2D eigenvalue weighted by Crippen LogP contribution is 2.31. The molecule has 1 atom stereocenters. The maximum absolute atomic E-state index is 12.5. The number of carbonyl (C=O) groups excluding carboxylic acids is 2. The summed E-state index contributed by atoms with van der Waals surface area (Å²) in [5.74, 6) is -0.605. The Morgan fingerprint density at radius 2 is 2.04 bits per heavy atom. The predicted octanol–water partition coefficient (Wildman–Crippen LogP) is 3.44. The molecule has 9 heteroatoms. The fourth-order valence-electron chi connectivity index (χ4n) is 2.75. The third kappa shape index (κ3) is 3.33. The van der Waals surface area contributed by atoms with Crippen molar-refractivity contribution in [2.75, 3.05) is 16.8 Å². The van der Waals surface area contributed by atoms with Gasteiger partial charge in [0.1, 0.15) is 0 Å². The third-order valence-electron chi connectivity index (χ3n) is 4.00. The number of hydrogen-bond donors (Lipinski definition) is 1. The first-order valence-electron chi connectivity index (χ1n) is 7.85. The van der Waals surface area contributed by atoms with Crippen LogP contribution < -0.4 is 10.2 Å². The Kier molecular flexibility index (Phi) is 4.44. The summed E-state index contributed by atoms with van der Waals surface area (Å²) in [5, 5.41) is 10.3. The Balaban J connectivity index is 1.43. The van der Waals surface area contributed by atoms with Crippen LogP contribution in [0.15, 0.2) is 46.9 Å². The topological polar surface area (TPSA) is 88.3 Å². The zero-order valence-corrected chi connectivity index (χ0v) is 15.0. The van der Waals surface area contributed by atoms with Gasteiger partial charge in [-0.05, 0) is 24.3 Å². The van der Waals surface area contributed by atoms with Crippen LogP contribution in [0.3, 0.4) is 0 Å². The lowest BCUT2D eigenvalue weighted by Crippen LogP contribution is -2.28. The van der Waals surface area contributed by atoms with Gasteiger partial charge >= 0.3 is 6.01 Å². The maximum Gasteiger partial charge on any atom is 0.322 e. The van der Waals surface area contributed by atoms with Gasteiger partial charge in [-0.2, -0.15) is 0 Å². The van der Waals surface area contributed by atoms with Crippen LogP contribution in [0, 0.1) is 5.92 Å². The van der Waals surface area contributed by atoms with Crippen LogP contribution in [-0.2, 0) is 9.59 Å². The normalized spacial score (nSPS) is 16.9. The quantitative estimate of drug-likeness (QED) is 0.739. The van der Waals surface area contributed by atoms with E-state index < -0.39 is 5.92 Å². The molecule has 1 unspecified atom stereocenters. The van der Waals surface area contributed by atoms with Crippen LogP contribution in [0.2, 0.25) is 4.34 Å². The molecule has 3 heterocycles. The van der Waals surface area contributed by atoms with E-state index in [1.54, 1.807) is 17.0 Å². The Bertz CT molecular complexity index is 956. The molecule has 0 aliphatic carbocycles. The molecule has 1 aliphatic heterocycles. The van der Waals surface area contributed by atoms with E-state index in [9.17, 15) is 9.59 Å². The van der Waals surface area contributed by atoms with Crippen molar-refractivity contribution in [3.63, 3.8) is 0 Å². The molecule has 4 rings (SSSR count). The highest BCUT2D eigenvalue weighted by Gasteiger charge is 2.35. The number of benzene rings is 1. The monoisotopic (exact) mass is 388 g/mol. The summed E-state index contributed by atoms with van der Waals surface area (Å²) in [5.41, 5.74) is 0.780. The molecule has 1 fully saturated rings. The number of hydrogen-bond acceptors (Lipinski definition) is 6. The SMILES string of the molecule is O=C(Nc1nnc(-c2ccc(Cl)s2)o1)C1CC(=O)N(c2ccccc2)C1. The number of halogens is 1. The van der Waals surface area contributed by atoms with Crippen molar-refractivity contribution in [1.29, 1.82) is 0 Å². The van der Waals surface area contributed by atoms with E-state index in [1.165, 1.54) is 11.3 Å². The maximum atomic E-state index is 12.5. The summed E-state index contributed by atoms with van der Waals surface area (Å²) in [6, 6.07) is 12.8. The molecule has 1 aliphatic rings. The van der Waals surface area contributed by atoms with Gasteiger partial charge in [-0.25, -0.2) is 0 Å². The zero-order chi connectivity index (χ0) is 18.1. The van der Waals surface area contributed by atoms with Crippen LogP contribution in [0.5, 0.6) is 0 Å². The lowest BCUT2D eigenvalue weighted by atomic mass is 10.1. The number of amides is 2. The van der Waals surface area contributed by atoms with Crippen molar-refractivity contribution >= 4 is 46.5 Å². The summed E-state index contributed by atoms with van der Waals surface area (Å²) in [4.78, 5) is 27.0. The second-order valence-corrected chi connectivity index (χ2v) is 7.46. The van der Waals surface area contributed by atoms with Gasteiger partial charge in [0.05, 0.1) is 15.1 Å². The lowest BCUT2D eigenvalue weighted by molar-refractivity contribution is -0.122. The van der Waals surface area contributed by atoms with E-state index >= 15 is 0 Å². The Morgan fingerprint density at radius 3 is 2.77 bits per heavy atom. The Morgan fingerprint density at radius 1 is 1.23 bits per heavy atom. The Labute approximate surface area is 157 Å². The lowest BCUT2D eigenvalue weighted by Gasteiger charge is -2.16. The highest BCUT2D eigenvalue weighted by molar-refractivity contribution is 7.19. The summed E-state index contributed by atoms with van der Waals surface area (Å²) in [7, 11) is 0. The molecule has 0 saturated carbocycles. The number of anilines is 2. The van der Waals surface area contributed by atoms with Crippen LogP contribution >= 0.6 is 22.9 Å². The molecule has 2 amide bonds. The minimum Gasteiger partial charge on any atom is -0.402 e. The highest BCUT2D eigenvalue weighted by atomic mass is 35.5. The minimum atomic E-state index is -0.478. The minimum absolute atomic E-state index is 0.000123. The van der Waals surface area contributed by atoms with Crippen molar-refractivity contribution in [1.82, 2.24) is 10.2 Å². The van der Waals surface area contributed by atoms with E-state index in [1.807, 2.05) is 30.3 Å². The van der Waals surface area contributed by atoms with Gasteiger partial charge in [-0.3, -0.25) is 14.9 Å². The fraction of sp³-hybridized carbons (Fsp3) is 0.176. The van der Waals surface area contributed by atoms with E-state index in [0.29, 0.717) is 15.8 Å². The standard InChI is InChI=1S/C17H13ClN4O3S/c18-13-7-6-12(26-13)16-20-21-17(25-16)19-15(24)10-8-14(23)22(9-10)11-4-2-1-3-5-11/h1-7,10H,8-9H2,(H,19,21,24). The first-order chi connectivity index (χ1) is 12.6. The van der Waals surface area contributed by atoms with Crippen molar-refractivity contribution in [2.24, 2.45) is 5.92 Å². The van der Waals surface area contributed by atoms with Crippen LogP contribution in [0.25, 0.3) is 10.8 Å². The van der Waals surface area contributed by atoms with E-state index in [0.717, 1.165) is 5.69 Å². The molecule has 1 N–H and O–H groups in total. The molecule has 0 spiro atoms. The molecule has 1 aromatic carbocycles. The van der Waals surface area contributed by atoms with Crippen LogP contribution in [0.1, 0.15) is 6.42 Å². The number of carbonyl (C=O) groups is 2. The van der Waals surface area contributed by atoms with Crippen LogP contribution in [0.4, 0.5) is 11.7 Å². The molecule has 7 nitrogen and oxygen atoms in total. The first-order valence-corrected chi connectivity index (χ1v) is 9.05. The molecule has 26 heavy (non-hydrogen) atoms. The van der Waals surface area contributed by atoms with Gasteiger partial charge in [0, 0.05) is 18.7 Å². The van der Waals surface area contributed by atoms with Crippen molar-refractivity contribution in [3.8, 4) is 10.8 Å². The second kappa shape index (κ2) is 6.89. The number of para-hydroxylation sites is 1. The van der Waals surface area contributed by atoms with Gasteiger partial charge < -0.3 is 9.32 Å². The molecule has 0 radical (unpaired) electrons. The molecule has 3 aromatic rings. The molecule has 132 valence electrons. The van der Waals surface area contributed by atoms with Gasteiger partial charge in [0.25, 0.3) is 5.89 Å². The molecule has 0 bridgehead atoms.